The lowest BCUT2D eigenvalue weighted by Crippen LogP contribution is -2.61. The second-order valence-corrected chi connectivity index (χ2v) is 5.18. The maximum Gasteiger partial charge on any atom is 0.0779 e. The first kappa shape index (κ1) is 13.2. The Morgan fingerprint density at radius 2 is 1.59 bits per heavy atom. The van der Waals surface area contributed by atoms with Crippen LogP contribution in [0.1, 0.15) is 19.3 Å². The van der Waals surface area contributed by atoms with Gasteiger partial charge in [-0.2, -0.15) is 0 Å². The standard InChI is InChI=1S/C12H27N5/c13-4-3-11(14)12(16-7-1-2-8-16)17-9-5-15-6-10-17/h11-12,15H,1-10,13-14H2. The summed E-state index contributed by atoms with van der Waals surface area (Å²) in [6.45, 7) is 7.48. The first-order chi connectivity index (χ1) is 8.33. The summed E-state index contributed by atoms with van der Waals surface area (Å²) in [6, 6.07) is 0.191. The highest BCUT2D eigenvalue weighted by Crippen LogP contribution is 2.18. The number of likely N-dealkylation sites (tertiary alicyclic amines) is 1. The van der Waals surface area contributed by atoms with Gasteiger partial charge in [-0.05, 0) is 38.9 Å². The molecule has 2 saturated heterocycles. The first-order valence-electron chi connectivity index (χ1n) is 6.97. The fourth-order valence-corrected chi connectivity index (χ4v) is 3.07. The molecule has 5 nitrogen and oxygen atoms in total. The molecular formula is C12H27N5. The van der Waals surface area contributed by atoms with Crippen LogP contribution in [0.25, 0.3) is 0 Å². The van der Waals surface area contributed by atoms with Crippen LogP contribution >= 0.6 is 0 Å². The molecule has 100 valence electrons. The predicted octanol–water partition coefficient (Wildman–Crippen LogP) is -1.01. The third-order valence-corrected chi connectivity index (χ3v) is 3.92. The molecule has 17 heavy (non-hydrogen) atoms. The third kappa shape index (κ3) is 3.39. The Bertz CT molecular complexity index is 211. The van der Waals surface area contributed by atoms with E-state index >= 15 is 0 Å². The van der Waals surface area contributed by atoms with Gasteiger partial charge in [0.1, 0.15) is 0 Å². The smallest absolute Gasteiger partial charge is 0.0779 e. The lowest BCUT2D eigenvalue weighted by molar-refractivity contribution is 0.0294. The Hall–Kier alpha value is -0.200. The summed E-state index contributed by atoms with van der Waals surface area (Å²) in [6.07, 6.45) is 3.96. The predicted molar refractivity (Wildman–Crippen MR) is 70.7 cm³/mol. The Morgan fingerprint density at radius 3 is 2.18 bits per heavy atom. The molecule has 0 aliphatic carbocycles. The normalized spacial score (nSPS) is 27.2. The molecule has 0 amide bonds. The van der Waals surface area contributed by atoms with Crippen molar-refractivity contribution in [3.05, 3.63) is 0 Å². The van der Waals surface area contributed by atoms with Crippen molar-refractivity contribution in [2.75, 3.05) is 45.8 Å². The van der Waals surface area contributed by atoms with Gasteiger partial charge in [-0.3, -0.25) is 9.80 Å². The quantitative estimate of drug-likeness (QED) is 0.575. The second kappa shape index (κ2) is 6.66. The molecular weight excluding hydrogens is 214 g/mol. The lowest BCUT2D eigenvalue weighted by Gasteiger charge is -2.43. The second-order valence-electron chi connectivity index (χ2n) is 5.18. The summed E-state index contributed by atoms with van der Waals surface area (Å²) in [5, 5.41) is 3.41. The molecule has 0 aromatic carbocycles. The highest BCUT2D eigenvalue weighted by Gasteiger charge is 2.32. The van der Waals surface area contributed by atoms with Crippen LogP contribution in [0.15, 0.2) is 0 Å². The molecule has 0 radical (unpaired) electrons. The van der Waals surface area contributed by atoms with Crippen LogP contribution < -0.4 is 16.8 Å². The molecule has 2 rings (SSSR count). The summed E-state index contributed by atoms with van der Waals surface area (Å²) < 4.78 is 0. The zero-order valence-electron chi connectivity index (χ0n) is 10.8. The summed E-state index contributed by atoms with van der Waals surface area (Å²) in [7, 11) is 0. The fourth-order valence-electron chi connectivity index (χ4n) is 3.07. The van der Waals surface area contributed by atoms with Crippen molar-refractivity contribution in [3.63, 3.8) is 0 Å². The van der Waals surface area contributed by atoms with E-state index < -0.39 is 0 Å². The summed E-state index contributed by atoms with van der Waals surface area (Å²) in [4.78, 5) is 5.10. The average Bonchev–Trinajstić information content (AvgIpc) is 2.85. The largest absolute Gasteiger partial charge is 0.330 e. The van der Waals surface area contributed by atoms with Gasteiger partial charge in [-0.1, -0.05) is 0 Å². The minimum absolute atomic E-state index is 0.191. The van der Waals surface area contributed by atoms with Crippen molar-refractivity contribution in [1.82, 2.24) is 15.1 Å². The third-order valence-electron chi connectivity index (χ3n) is 3.92. The van der Waals surface area contributed by atoms with Crippen LogP contribution in [-0.2, 0) is 0 Å². The van der Waals surface area contributed by atoms with Crippen LogP contribution in [0.4, 0.5) is 0 Å². The van der Waals surface area contributed by atoms with Crippen molar-refractivity contribution in [1.29, 1.82) is 0 Å². The molecule has 0 saturated carbocycles. The number of nitrogens with one attached hydrogen (secondary N) is 1. The average molecular weight is 241 g/mol. The summed E-state index contributed by atoms with van der Waals surface area (Å²) in [5.74, 6) is 0. The van der Waals surface area contributed by atoms with E-state index in [0.717, 1.165) is 32.6 Å². The van der Waals surface area contributed by atoms with Crippen LogP contribution in [0.5, 0.6) is 0 Å². The molecule has 0 aromatic heterocycles. The van der Waals surface area contributed by atoms with Crippen molar-refractivity contribution < 1.29 is 0 Å². The van der Waals surface area contributed by atoms with Crippen molar-refractivity contribution in [2.24, 2.45) is 11.5 Å². The Morgan fingerprint density at radius 1 is 1.00 bits per heavy atom. The molecule has 5 N–H and O–H groups in total. The van der Waals surface area contributed by atoms with Gasteiger partial charge in [0.2, 0.25) is 0 Å². The van der Waals surface area contributed by atoms with Crippen molar-refractivity contribution in [2.45, 2.75) is 31.5 Å². The van der Waals surface area contributed by atoms with E-state index in [-0.39, 0.29) is 6.04 Å². The first-order valence-corrected chi connectivity index (χ1v) is 6.97. The molecule has 2 fully saturated rings. The Balaban J connectivity index is 1.99. The van der Waals surface area contributed by atoms with E-state index in [4.69, 9.17) is 11.5 Å². The zero-order chi connectivity index (χ0) is 12.1. The molecule has 5 heteroatoms. The van der Waals surface area contributed by atoms with Gasteiger partial charge in [-0.15, -0.1) is 0 Å². The molecule has 2 unspecified atom stereocenters. The number of hydrogen-bond donors (Lipinski definition) is 3. The van der Waals surface area contributed by atoms with Crippen LogP contribution in [0.3, 0.4) is 0 Å². The highest BCUT2D eigenvalue weighted by atomic mass is 15.4. The number of nitrogens with zero attached hydrogens (tertiary/aromatic N) is 2. The van der Waals surface area contributed by atoms with E-state index in [9.17, 15) is 0 Å². The van der Waals surface area contributed by atoms with E-state index in [1.807, 2.05) is 0 Å². The maximum absolute atomic E-state index is 6.36. The Kier molecular flexibility index (Phi) is 5.18. The zero-order valence-corrected chi connectivity index (χ0v) is 10.8. The number of hydrogen-bond acceptors (Lipinski definition) is 5. The van der Waals surface area contributed by atoms with E-state index in [2.05, 4.69) is 15.1 Å². The van der Waals surface area contributed by atoms with E-state index in [0.29, 0.717) is 12.7 Å². The fraction of sp³-hybridized carbons (Fsp3) is 1.00. The van der Waals surface area contributed by atoms with Gasteiger partial charge in [0.25, 0.3) is 0 Å². The van der Waals surface area contributed by atoms with Gasteiger partial charge in [0, 0.05) is 32.2 Å². The van der Waals surface area contributed by atoms with Crippen molar-refractivity contribution >= 4 is 0 Å². The van der Waals surface area contributed by atoms with Crippen molar-refractivity contribution in [3.8, 4) is 0 Å². The molecule has 2 atom stereocenters. The van der Waals surface area contributed by atoms with Gasteiger partial charge >= 0.3 is 0 Å². The SMILES string of the molecule is NCCC(N)C(N1CCCC1)N1CCNCC1. The molecule has 2 aliphatic heterocycles. The Labute approximate surface area is 104 Å². The molecule has 0 spiro atoms. The minimum atomic E-state index is 0.191. The lowest BCUT2D eigenvalue weighted by atomic mass is 10.1. The van der Waals surface area contributed by atoms with Crippen LogP contribution in [0.2, 0.25) is 0 Å². The van der Waals surface area contributed by atoms with Gasteiger partial charge < -0.3 is 16.8 Å². The van der Waals surface area contributed by atoms with Gasteiger partial charge in [0.05, 0.1) is 6.17 Å². The maximum atomic E-state index is 6.36. The van der Waals surface area contributed by atoms with Crippen LogP contribution in [0, 0.1) is 0 Å². The van der Waals surface area contributed by atoms with E-state index in [1.54, 1.807) is 0 Å². The number of nitrogens with two attached hydrogens (primary N) is 2. The summed E-state index contributed by atoms with van der Waals surface area (Å²) in [5.41, 5.74) is 12.0. The highest BCUT2D eigenvalue weighted by molar-refractivity contribution is 4.87. The molecule has 2 aliphatic rings. The molecule has 2 heterocycles. The van der Waals surface area contributed by atoms with Gasteiger partial charge in [-0.25, -0.2) is 0 Å². The monoisotopic (exact) mass is 241 g/mol. The summed E-state index contributed by atoms with van der Waals surface area (Å²) >= 11 is 0. The molecule has 0 bridgehead atoms. The van der Waals surface area contributed by atoms with Crippen LogP contribution in [-0.4, -0.2) is 67.8 Å². The van der Waals surface area contributed by atoms with Gasteiger partial charge in [0.15, 0.2) is 0 Å². The number of rotatable bonds is 5. The van der Waals surface area contributed by atoms with E-state index in [1.165, 1.54) is 25.9 Å². The minimum Gasteiger partial charge on any atom is -0.330 e. The number of piperazine rings is 1. The topological polar surface area (TPSA) is 70.5 Å². The molecule has 0 aromatic rings.